The maximum absolute atomic E-state index is 4.50. The minimum absolute atomic E-state index is 0.873. The first-order chi connectivity index (χ1) is 13.4. The highest BCUT2D eigenvalue weighted by Gasteiger charge is 2.07. The highest BCUT2D eigenvalue weighted by molar-refractivity contribution is 7.18. The second-order valence-corrected chi connectivity index (χ2v) is 6.84. The molecule has 0 amide bonds. The third-order valence-electron chi connectivity index (χ3n) is 4.07. The number of aryl methyl sites for hydroxylation is 1. The number of hydrogen-bond donors (Lipinski definition) is 2. The lowest BCUT2D eigenvalue weighted by molar-refractivity contribution is 0.859. The Hall–Kier alpha value is -2.83. The van der Waals surface area contributed by atoms with Crippen LogP contribution in [-0.4, -0.2) is 28.8 Å². The van der Waals surface area contributed by atoms with Crippen molar-refractivity contribution in [2.75, 3.05) is 18.9 Å². The zero-order chi connectivity index (χ0) is 18.9. The first-order valence-electron chi connectivity index (χ1n) is 8.92. The molecule has 2 aromatic heterocycles. The van der Waals surface area contributed by atoms with Gasteiger partial charge < -0.3 is 11.1 Å². The van der Waals surface area contributed by atoms with E-state index in [-0.39, 0.29) is 0 Å². The number of nitrogens with two attached hydrogens (primary N) is 1. The highest BCUT2D eigenvalue weighted by Crippen LogP contribution is 2.28. The second kappa shape index (κ2) is 9.75. The molecule has 2 aromatic carbocycles. The average Bonchev–Trinajstić information content (AvgIpc) is 3.22. The molecule has 6 heteroatoms. The molecule has 0 spiro atoms. The van der Waals surface area contributed by atoms with Gasteiger partial charge in [0.2, 0.25) is 5.13 Å². The van der Waals surface area contributed by atoms with Crippen molar-refractivity contribution in [3.8, 4) is 10.6 Å². The Labute approximate surface area is 163 Å². The van der Waals surface area contributed by atoms with Crippen molar-refractivity contribution < 1.29 is 0 Å². The molecule has 0 unspecified atom stereocenters. The second-order valence-electron chi connectivity index (χ2n) is 5.87. The van der Waals surface area contributed by atoms with Gasteiger partial charge in [0.05, 0.1) is 0 Å². The van der Waals surface area contributed by atoms with E-state index in [2.05, 4.69) is 68.7 Å². The van der Waals surface area contributed by atoms with Crippen LogP contribution in [0.3, 0.4) is 0 Å². The Morgan fingerprint density at radius 3 is 2.67 bits per heavy atom. The average molecular weight is 378 g/mol. The van der Waals surface area contributed by atoms with Crippen molar-refractivity contribution in [1.82, 2.24) is 15.2 Å². The molecule has 0 fully saturated rings. The Morgan fingerprint density at radius 2 is 1.81 bits per heavy atom. The predicted molar refractivity (Wildman–Crippen MR) is 114 cm³/mol. The first-order valence-corrected chi connectivity index (χ1v) is 9.73. The van der Waals surface area contributed by atoms with Gasteiger partial charge in [-0.3, -0.25) is 4.98 Å². The minimum atomic E-state index is 0.873. The van der Waals surface area contributed by atoms with Crippen molar-refractivity contribution in [3.05, 3.63) is 72.6 Å². The van der Waals surface area contributed by atoms with Gasteiger partial charge in [0, 0.05) is 29.9 Å². The molecule has 2 heterocycles. The molecular weight excluding hydrogens is 354 g/mol. The molecule has 0 aliphatic carbocycles. The van der Waals surface area contributed by atoms with Crippen molar-refractivity contribution in [3.63, 3.8) is 0 Å². The van der Waals surface area contributed by atoms with Gasteiger partial charge in [-0.15, -0.1) is 10.2 Å². The van der Waals surface area contributed by atoms with E-state index in [4.69, 9.17) is 0 Å². The normalized spacial score (nSPS) is 10.3. The fraction of sp³-hybridized carbons (Fsp3) is 0.190. The van der Waals surface area contributed by atoms with Crippen LogP contribution in [0.1, 0.15) is 12.0 Å². The molecule has 3 N–H and O–H groups in total. The third kappa shape index (κ3) is 5.09. The molecule has 0 atom stereocenters. The molecule has 0 saturated heterocycles. The number of hydrogen-bond acceptors (Lipinski definition) is 6. The topological polar surface area (TPSA) is 76.7 Å². The van der Waals surface area contributed by atoms with Crippen LogP contribution in [0, 0.1) is 0 Å². The molecule has 0 bridgehead atoms. The summed E-state index contributed by atoms with van der Waals surface area (Å²) in [7, 11) is 1.50. The van der Waals surface area contributed by atoms with E-state index in [0.717, 1.165) is 40.5 Å². The van der Waals surface area contributed by atoms with Gasteiger partial charge in [-0.2, -0.15) is 0 Å². The lowest BCUT2D eigenvalue weighted by Gasteiger charge is -2.02. The van der Waals surface area contributed by atoms with Crippen LogP contribution < -0.4 is 11.1 Å². The summed E-state index contributed by atoms with van der Waals surface area (Å²) in [6.45, 7) is 0.896. The molecule has 0 aliphatic heterocycles. The van der Waals surface area contributed by atoms with Gasteiger partial charge in [-0.25, -0.2) is 0 Å². The summed E-state index contributed by atoms with van der Waals surface area (Å²) < 4.78 is 0. The summed E-state index contributed by atoms with van der Waals surface area (Å²) in [6.07, 6.45) is 5.82. The van der Waals surface area contributed by atoms with Crippen LogP contribution >= 0.6 is 11.3 Å². The molecule has 0 aliphatic rings. The summed E-state index contributed by atoms with van der Waals surface area (Å²) in [6, 6.07) is 18.8. The summed E-state index contributed by atoms with van der Waals surface area (Å²) in [5.74, 6) is 0. The van der Waals surface area contributed by atoms with Gasteiger partial charge in [0.1, 0.15) is 5.01 Å². The largest absolute Gasteiger partial charge is 0.360 e. The number of benzene rings is 2. The first kappa shape index (κ1) is 18.9. The van der Waals surface area contributed by atoms with Crippen LogP contribution in [0.15, 0.2) is 67.0 Å². The maximum Gasteiger partial charge on any atom is 0.206 e. The number of nitrogens with zero attached hydrogens (tertiary/aromatic N) is 3. The standard InChI is InChI=1S/C20H18N4S.CH5N/c1-2-5-15(6-3-1)7-4-11-22-20-24-23-19(25-20)17-8-9-18-14-21-12-10-16(18)13-17;1-2/h1-3,5-6,8-10,12-14H,4,7,11H2,(H,22,24);2H2,1H3. The van der Waals surface area contributed by atoms with Crippen LogP contribution in [0.5, 0.6) is 0 Å². The predicted octanol–water partition coefficient (Wildman–Crippen LogP) is 4.37. The Kier molecular flexibility index (Phi) is 6.84. The SMILES string of the molecule is CN.c1ccc(CCCNc2nnc(-c3ccc4cnccc4c3)s2)cc1. The number of rotatable bonds is 6. The van der Waals surface area contributed by atoms with Crippen LogP contribution in [0.2, 0.25) is 0 Å². The van der Waals surface area contributed by atoms with Crippen molar-refractivity contribution in [1.29, 1.82) is 0 Å². The lowest BCUT2D eigenvalue weighted by Crippen LogP contribution is -2.02. The zero-order valence-electron chi connectivity index (χ0n) is 15.3. The van der Waals surface area contributed by atoms with Gasteiger partial charge in [-0.05, 0) is 43.0 Å². The Bertz CT molecular complexity index is 968. The van der Waals surface area contributed by atoms with Gasteiger partial charge >= 0.3 is 0 Å². The Morgan fingerprint density at radius 1 is 0.963 bits per heavy atom. The van der Waals surface area contributed by atoms with Crippen LogP contribution in [0.25, 0.3) is 21.3 Å². The lowest BCUT2D eigenvalue weighted by atomic mass is 10.1. The van der Waals surface area contributed by atoms with E-state index in [9.17, 15) is 0 Å². The molecule has 0 saturated carbocycles. The van der Waals surface area contributed by atoms with E-state index < -0.39 is 0 Å². The molecule has 4 aromatic rings. The van der Waals surface area contributed by atoms with E-state index in [1.807, 2.05) is 24.5 Å². The highest BCUT2D eigenvalue weighted by atomic mass is 32.1. The van der Waals surface area contributed by atoms with E-state index in [1.165, 1.54) is 18.0 Å². The number of aromatic nitrogens is 3. The van der Waals surface area contributed by atoms with Gasteiger partial charge in [0.15, 0.2) is 0 Å². The summed E-state index contributed by atoms with van der Waals surface area (Å²) >= 11 is 1.59. The van der Waals surface area contributed by atoms with Crippen molar-refractivity contribution in [2.24, 2.45) is 5.73 Å². The summed E-state index contributed by atoms with van der Waals surface area (Å²) in [5, 5.41) is 16.1. The fourth-order valence-electron chi connectivity index (χ4n) is 2.76. The molecule has 138 valence electrons. The van der Waals surface area contributed by atoms with Gasteiger partial charge in [0.25, 0.3) is 0 Å². The molecule has 5 nitrogen and oxygen atoms in total. The number of anilines is 1. The molecule has 0 radical (unpaired) electrons. The summed E-state index contributed by atoms with van der Waals surface area (Å²) in [4.78, 5) is 4.15. The van der Waals surface area contributed by atoms with Crippen molar-refractivity contribution in [2.45, 2.75) is 12.8 Å². The maximum atomic E-state index is 4.50. The number of pyridine rings is 1. The van der Waals surface area contributed by atoms with E-state index >= 15 is 0 Å². The quantitative estimate of drug-likeness (QED) is 0.488. The number of fused-ring (bicyclic) bond motifs is 1. The van der Waals surface area contributed by atoms with Crippen LogP contribution in [0.4, 0.5) is 5.13 Å². The smallest absolute Gasteiger partial charge is 0.206 e. The zero-order valence-corrected chi connectivity index (χ0v) is 16.1. The molecular formula is C21H23N5S. The van der Waals surface area contributed by atoms with Crippen LogP contribution in [-0.2, 0) is 6.42 Å². The van der Waals surface area contributed by atoms with Gasteiger partial charge in [-0.1, -0.05) is 53.8 Å². The third-order valence-corrected chi connectivity index (χ3v) is 5.00. The Balaban J connectivity index is 0.00000102. The molecule has 4 rings (SSSR count). The fourth-order valence-corrected chi connectivity index (χ4v) is 3.53. The van der Waals surface area contributed by atoms with E-state index in [0.29, 0.717) is 0 Å². The monoisotopic (exact) mass is 377 g/mol. The van der Waals surface area contributed by atoms with E-state index in [1.54, 1.807) is 11.3 Å². The summed E-state index contributed by atoms with van der Waals surface area (Å²) in [5.41, 5.74) is 6.96. The number of nitrogens with one attached hydrogen (secondary N) is 1. The van der Waals surface area contributed by atoms with Crippen molar-refractivity contribution >= 4 is 27.2 Å². The minimum Gasteiger partial charge on any atom is -0.360 e. The molecule has 27 heavy (non-hydrogen) atoms.